The van der Waals surface area contributed by atoms with E-state index in [1.807, 2.05) is 0 Å². The highest BCUT2D eigenvalue weighted by Gasteiger charge is 2.47. The maximum absolute atomic E-state index is 3.65. The van der Waals surface area contributed by atoms with Crippen LogP contribution in [0.15, 0.2) is 36.4 Å². The lowest BCUT2D eigenvalue weighted by atomic mass is 9.72. The molecule has 0 radical (unpaired) electrons. The molecule has 1 N–H and O–H groups in total. The minimum Gasteiger partial charge on any atom is -0.309 e. The molecule has 1 aliphatic heterocycles. The SMILES string of the molecule is c1cc2c3c(c1)CNCc1cccc4c1C3(CC2)CC4. The van der Waals surface area contributed by atoms with Crippen molar-refractivity contribution in [1.29, 1.82) is 0 Å². The van der Waals surface area contributed by atoms with Gasteiger partial charge < -0.3 is 5.32 Å². The molecule has 1 heterocycles. The maximum atomic E-state index is 3.65. The van der Waals surface area contributed by atoms with Gasteiger partial charge in [-0.05, 0) is 59.1 Å². The van der Waals surface area contributed by atoms with Crippen LogP contribution in [0.3, 0.4) is 0 Å². The summed E-state index contributed by atoms with van der Waals surface area (Å²) in [4.78, 5) is 0. The Morgan fingerprint density at radius 1 is 0.700 bits per heavy atom. The molecule has 3 aliphatic rings. The van der Waals surface area contributed by atoms with E-state index in [0.717, 1.165) is 13.1 Å². The van der Waals surface area contributed by atoms with Gasteiger partial charge in [0.05, 0.1) is 0 Å². The molecule has 1 heteroatoms. The highest BCUT2D eigenvalue weighted by atomic mass is 14.9. The lowest BCUT2D eigenvalue weighted by Crippen LogP contribution is -2.29. The Labute approximate surface area is 120 Å². The molecular formula is C19H19N. The third-order valence-electron chi connectivity index (χ3n) is 5.70. The lowest BCUT2D eigenvalue weighted by Gasteiger charge is -2.33. The first-order valence-corrected chi connectivity index (χ1v) is 7.82. The third-order valence-corrected chi connectivity index (χ3v) is 5.70. The Kier molecular flexibility index (Phi) is 2.07. The van der Waals surface area contributed by atoms with Crippen LogP contribution in [0.5, 0.6) is 0 Å². The van der Waals surface area contributed by atoms with E-state index in [-0.39, 0.29) is 0 Å². The summed E-state index contributed by atoms with van der Waals surface area (Å²) in [6.07, 6.45) is 5.17. The Morgan fingerprint density at radius 2 is 1.20 bits per heavy atom. The molecule has 0 fully saturated rings. The van der Waals surface area contributed by atoms with Crippen molar-refractivity contribution in [2.24, 2.45) is 0 Å². The van der Waals surface area contributed by atoms with E-state index in [1.165, 1.54) is 25.7 Å². The predicted molar refractivity (Wildman–Crippen MR) is 80.8 cm³/mol. The molecule has 0 bridgehead atoms. The molecule has 1 nitrogen and oxygen atoms in total. The Hall–Kier alpha value is -1.60. The van der Waals surface area contributed by atoms with Crippen molar-refractivity contribution in [3.05, 3.63) is 69.8 Å². The Morgan fingerprint density at radius 3 is 1.75 bits per heavy atom. The van der Waals surface area contributed by atoms with Gasteiger partial charge >= 0.3 is 0 Å². The van der Waals surface area contributed by atoms with Gasteiger partial charge in [0.2, 0.25) is 0 Å². The van der Waals surface area contributed by atoms with Crippen molar-refractivity contribution in [3.63, 3.8) is 0 Å². The highest BCUT2D eigenvalue weighted by Crippen LogP contribution is 2.54. The van der Waals surface area contributed by atoms with E-state index in [0.29, 0.717) is 5.41 Å². The van der Waals surface area contributed by atoms with Crippen LogP contribution in [0.4, 0.5) is 0 Å². The minimum absolute atomic E-state index is 0.347. The standard InChI is InChI=1S/C19H19N/c1-3-13-7-9-19-10-8-14-4-2-6-16(18(14)19)12-20-11-15(5-1)17(13)19/h1-6,20H,7-12H2. The molecule has 0 atom stereocenters. The van der Waals surface area contributed by atoms with Crippen LogP contribution in [0, 0.1) is 0 Å². The fraction of sp³-hybridized carbons (Fsp3) is 0.368. The monoisotopic (exact) mass is 261 g/mol. The summed E-state index contributed by atoms with van der Waals surface area (Å²) in [6.45, 7) is 2.04. The second-order valence-corrected chi connectivity index (χ2v) is 6.59. The number of hydrogen-bond acceptors (Lipinski definition) is 1. The number of benzene rings is 2. The second-order valence-electron chi connectivity index (χ2n) is 6.59. The van der Waals surface area contributed by atoms with Crippen molar-refractivity contribution < 1.29 is 0 Å². The first kappa shape index (κ1) is 11.1. The molecule has 2 aromatic rings. The molecule has 0 amide bonds. The van der Waals surface area contributed by atoms with Gasteiger partial charge in [-0.15, -0.1) is 0 Å². The van der Waals surface area contributed by atoms with E-state index >= 15 is 0 Å². The van der Waals surface area contributed by atoms with Crippen LogP contribution in [0.25, 0.3) is 0 Å². The smallest absolute Gasteiger partial charge is 0.0221 e. The minimum atomic E-state index is 0.347. The zero-order valence-corrected chi connectivity index (χ0v) is 11.7. The summed E-state index contributed by atoms with van der Waals surface area (Å²) in [5.41, 5.74) is 10.0. The number of rotatable bonds is 0. The zero-order chi connectivity index (χ0) is 13.2. The average molecular weight is 261 g/mol. The van der Waals surface area contributed by atoms with E-state index < -0.39 is 0 Å². The molecule has 0 unspecified atom stereocenters. The fourth-order valence-electron chi connectivity index (χ4n) is 5.03. The van der Waals surface area contributed by atoms with Gasteiger partial charge in [0.25, 0.3) is 0 Å². The van der Waals surface area contributed by atoms with Crippen molar-refractivity contribution in [3.8, 4) is 0 Å². The first-order valence-electron chi connectivity index (χ1n) is 7.82. The van der Waals surface area contributed by atoms with Gasteiger partial charge in [-0.2, -0.15) is 0 Å². The molecule has 5 rings (SSSR count). The molecule has 1 spiro atoms. The fourth-order valence-corrected chi connectivity index (χ4v) is 5.03. The summed E-state index contributed by atoms with van der Waals surface area (Å²) < 4.78 is 0. The molecule has 2 aliphatic carbocycles. The van der Waals surface area contributed by atoms with Gasteiger partial charge in [0.15, 0.2) is 0 Å². The van der Waals surface area contributed by atoms with E-state index in [1.54, 1.807) is 33.4 Å². The highest BCUT2D eigenvalue weighted by molar-refractivity contribution is 5.59. The molecular weight excluding hydrogens is 242 g/mol. The molecule has 20 heavy (non-hydrogen) atoms. The average Bonchev–Trinajstić information content (AvgIpc) is 3.02. The molecule has 0 saturated carbocycles. The van der Waals surface area contributed by atoms with Crippen LogP contribution >= 0.6 is 0 Å². The Bertz CT molecular complexity index is 652. The van der Waals surface area contributed by atoms with Crippen LogP contribution in [-0.4, -0.2) is 0 Å². The lowest BCUT2D eigenvalue weighted by molar-refractivity contribution is 0.487. The van der Waals surface area contributed by atoms with Crippen molar-refractivity contribution in [2.75, 3.05) is 0 Å². The van der Waals surface area contributed by atoms with Crippen molar-refractivity contribution >= 4 is 0 Å². The van der Waals surface area contributed by atoms with Gasteiger partial charge in [0, 0.05) is 18.5 Å². The van der Waals surface area contributed by atoms with Crippen molar-refractivity contribution in [1.82, 2.24) is 5.32 Å². The normalized spacial score (nSPS) is 21.0. The van der Waals surface area contributed by atoms with Crippen LogP contribution in [0.1, 0.15) is 46.2 Å². The number of aryl methyl sites for hydroxylation is 2. The van der Waals surface area contributed by atoms with Gasteiger partial charge in [0.1, 0.15) is 0 Å². The summed E-state index contributed by atoms with van der Waals surface area (Å²) in [5, 5.41) is 3.65. The van der Waals surface area contributed by atoms with Gasteiger partial charge in [-0.25, -0.2) is 0 Å². The second kappa shape index (κ2) is 3.73. The summed E-state index contributed by atoms with van der Waals surface area (Å²) >= 11 is 0. The summed E-state index contributed by atoms with van der Waals surface area (Å²) in [7, 11) is 0. The van der Waals surface area contributed by atoms with E-state index in [2.05, 4.69) is 41.7 Å². The zero-order valence-electron chi connectivity index (χ0n) is 11.7. The van der Waals surface area contributed by atoms with E-state index in [9.17, 15) is 0 Å². The van der Waals surface area contributed by atoms with Crippen LogP contribution < -0.4 is 5.32 Å². The number of nitrogens with one attached hydrogen (secondary N) is 1. The largest absolute Gasteiger partial charge is 0.309 e. The van der Waals surface area contributed by atoms with E-state index in [4.69, 9.17) is 0 Å². The molecule has 2 aromatic carbocycles. The van der Waals surface area contributed by atoms with Crippen LogP contribution in [0.2, 0.25) is 0 Å². The quantitative estimate of drug-likeness (QED) is 0.765. The topological polar surface area (TPSA) is 12.0 Å². The van der Waals surface area contributed by atoms with Crippen LogP contribution in [-0.2, 0) is 31.3 Å². The Balaban J connectivity index is 1.89. The molecule has 100 valence electrons. The maximum Gasteiger partial charge on any atom is 0.0221 e. The predicted octanol–water partition coefficient (Wildman–Crippen LogP) is 3.47. The summed E-state index contributed by atoms with van der Waals surface area (Å²) in [6, 6.07) is 13.9. The van der Waals surface area contributed by atoms with Gasteiger partial charge in [-0.1, -0.05) is 36.4 Å². The molecule has 0 saturated heterocycles. The van der Waals surface area contributed by atoms with Crippen molar-refractivity contribution in [2.45, 2.75) is 44.2 Å². The first-order chi connectivity index (χ1) is 9.88. The van der Waals surface area contributed by atoms with Gasteiger partial charge in [-0.3, -0.25) is 0 Å². The summed E-state index contributed by atoms with van der Waals surface area (Å²) in [5.74, 6) is 0. The number of hydrogen-bond donors (Lipinski definition) is 1. The third kappa shape index (κ3) is 1.22. The molecule has 0 aromatic heterocycles.